The standard InChI is InChI=1S/C16H18FNO2S/c1-4-20-16(19)13-12(10-7-5-6-8-11(10)17)14(9(2)3)21-15(13)18/h5-9H,4,18H2,1-3H3. The van der Waals surface area contributed by atoms with Gasteiger partial charge in [-0.2, -0.15) is 0 Å². The van der Waals surface area contributed by atoms with Crippen LogP contribution in [0.4, 0.5) is 9.39 Å². The highest BCUT2D eigenvalue weighted by atomic mass is 32.1. The number of nitrogens with two attached hydrogens (primary N) is 1. The summed E-state index contributed by atoms with van der Waals surface area (Å²) in [5, 5.41) is 0.371. The van der Waals surface area contributed by atoms with Gasteiger partial charge in [0.1, 0.15) is 16.4 Å². The van der Waals surface area contributed by atoms with Crippen molar-refractivity contribution in [2.45, 2.75) is 26.7 Å². The highest BCUT2D eigenvalue weighted by Crippen LogP contribution is 2.43. The second-order valence-electron chi connectivity index (χ2n) is 4.94. The number of carbonyl (C=O) groups is 1. The third-order valence-electron chi connectivity index (χ3n) is 3.11. The zero-order valence-electron chi connectivity index (χ0n) is 12.3. The maximum Gasteiger partial charge on any atom is 0.341 e. The van der Waals surface area contributed by atoms with Crippen molar-refractivity contribution < 1.29 is 13.9 Å². The van der Waals surface area contributed by atoms with Gasteiger partial charge in [0.05, 0.1) is 6.61 Å². The fourth-order valence-corrected chi connectivity index (χ4v) is 3.28. The molecule has 0 radical (unpaired) electrons. The van der Waals surface area contributed by atoms with Crippen LogP contribution in [0.2, 0.25) is 0 Å². The zero-order valence-corrected chi connectivity index (χ0v) is 13.1. The molecule has 0 spiro atoms. The van der Waals surface area contributed by atoms with Crippen LogP contribution in [0.25, 0.3) is 11.1 Å². The van der Waals surface area contributed by atoms with E-state index < -0.39 is 5.97 Å². The number of anilines is 1. The topological polar surface area (TPSA) is 52.3 Å². The Morgan fingerprint density at radius 3 is 2.62 bits per heavy atom. The molecular formula is C16H18FNO2S. The van der Waals surface area contributed by atoms with Crippen LogP contribution >= 0.6 is 11.3 Å². The molecule has 0 aliphatic rings. The molecule has 0 aliphatic carbocycles. The zero-order chi connectivity index (χ0) is 15.6. The van der Waals surface area contributed by atoms with Crippen molar-refractivity contribution in [3.05, 3.63) is 40.5 Å². The van der Waals surface area contributed by atoms with Gasteiger partial charge < -0.3 is 10.5 Å². The van der Waals surface area contributed by atoms with E-state index in [1.165, 1.54) is 17.4 Å². The van der Waals surface area contributed by atoms with E-state index in [1.54, 1.807) is 25.1 Å². The summed E-state index contributed by atoms with van der Waals surface area (Å²) < 4.78 is 19.2. The highest BCUT2D eigenvalue weighted by Gasteiger charge is 2.27. The van der Waals surface area contributed by atoms with Crippen LogP contribution in [-0.2, 0) is 4.74 Å². The van der Waals surface area contributed by atoms with E-state index in [2.05, 4.69) is 0 Å². The molecule has 0 fully saturated rings. The van der Waals surface area contributed by atoms with Gasteiger partial charge in [-0.25, -0.2) is 9.18 Å². The van der Waals surface area contributed by atoms with Crippen LogP contribution in [0.15, 0.2) is 24.3 Å². The number of nitrogen functional groups attached to an aromatic ring is 1. The Balaban J connectivity index is 2.72. The molecule has 3 nitrogen and oxygen atoms in total. The first kappa shape index (κ1) is 15.5. The minimum absolute atomic E-state index is 0.134. The number of hydrogen-bond acceptors (Lipinski definition) is 4. The molecule has 0 amide bonds. The van der Waals surface area contributed by atoms with Gasteiger partial charge in [0.2, 0.25) is 0 Å². The van der Waals surface area contributed by atoms with Crippen LogP contribution in [0.5, 0.6) is 0 Å². The lowest BCUT2D eigenvalue weighted by Gasteiger charge is -2.10. The van der Waals surface area contributed by atoms with Gasteiger partial charge >= 0.3 is 5.97 Å². The predicted octanol–water partition coefficient (Wildman–Crippen LogP) is 4.44. The number of hydrogen-bond donors (Lipinski definition) is 1. The van der Waals surface area contributed by atoms with Gasteiger partial charge in [0.15, 0.2) is 0 Å². The second-order valence-corrected chi connectivity index (χ2v) is 6.02. The summed E-state index contributed by atoms with van der Waals surface area (Å²) in [6.45, 7) is 5.96. The van der Waals surface area contributed by atoms with Gasteiger partial charge in [0.25, 0.3) is 0 Å². The van der Waals surface area contributed by atoms with E-state index in [1.807, 2.05) is 13.8 Å². The molecule has 2 N–H and O–H groups in total. The molecule has 0 saturated heterocycles. The van der Waals surface area contributed by atoms with E-state index in [0.29, 0.717) is 16.1 Å². The number of ether oxygens (including phenoxy) is 1. The number of halogens is 1. The van der Waals surface area contributed by atoms with Gasteiger partial charge in [0, 0.05) is 16.0 Å². The van der Waals surface area contributed by atoms with Crippen molar-refractivity contribution in [1.29, 1.82) is 0 Å². The average molecular weight is 307 g/mol. The monoisotopic (exact) mass is 307 g/mol. The SMILES string of the molecule is CCOC(=O)c1c(N)sc(C(C)C)c1-c1ccccc1F. The Morgan fingerprint density at radius 1 is 1.38 bits per heavy atom. The minimum atomic E-state index is -0.503. The second kappa shape index (κ2) is 6.26. The summed E-state index contributed by atoms with van der Waals surface area (Å²) >= 11 is 1.32. The Hall–Kier alpha value is -1.88. The van der Waals surface area contributed by atoms with Crippen molar-refractivity contribution in [2.24, 2.45) is 0 Å². The number of esters is 1. The Bertz CT molecular complexity index is 664. The molecule has 0 saturated carbocycles. The third-order valence-corrected chi connectivity index (χ3v) is 4.43. The number of benzene rings is 1. The summed E-state index contributed by atoms with van der Waals surface area (Å²) in [7, 11) is 0. The summed E-state index contributed by atoms with van der Waals surface area (Å²) in [6.07, 6.45) is 0. The molecule has 1 aromatic carbocycles. The molecule has 2 aromatic rings. The van der Waals surface area contributed by atoms with Crippen LogP contribution in [0.1, 0.15) is 41.9 Å². The van der Waals surface area contributed by atoms with Crippen LogP contribution in [0, 0.1) is 5.82 Å². The normalized spacial score (nSPS) is 10.9. The van der Waals surface area contributed by atoms with Crippen molar-refractivity contribution in [1.82, 2.24) is 0 Å². The van der Waals surface area contributed by atoms with E-state index >= 15 is 0 Å². The average Bonchev–Trinajstić information content (AvgIpc) is 2.77. The van der Waals surface area contributed by atoms with Gasteiger partial charge in [-0.15, -0.1) is 11.3 Å². The smallest absolute Gasteiger partial charge is 0.341 e. The molecule has 0 aliphatic heterocycles. The lowest BCUT2D eigenvalue weighted by molar-refractivity contribution is 0.0529. The molecule has 0 atom stereocenters. The summed E-state index contributed by atoms with van der Waals surface area (Å²) in [4.78, 5) is 13.1. The molecule has 0 bridgehead atoms. The Labute approximate surface area is 127 Å². The molecule has 21 heavy (non-hydrogen) atoms. The van der Waals surface area contributed by atoms with Crippen LogP contribution < -0.4 is 5.73 Å². The van der Waals surface area contributed by atoms with E-state index in [4.69, 9.17) is 10.5 Å². The maximum atomic E-state index is 14.2. The van der Waals surface area contributed by atoms with Gasteiger partial charge in [-0.05, 0) is 18.9 Å². The molecule has 0 unspecified atom stereocenters. The number of rotatable bonds is 4. The lowest BCUT2D eigenvalue weighted by Crippen LogP contribution is -2.08. The quantitative estimate of drug-likeness (QED) is 0.850. The molecule has 112 valence electrons. The van der Waals surface area contributed by atoms with Crippen molar-refractivity contribution in [2.75, 3.05) is 12.3 Å². The fraction of sp³-hybridized carbons (Fsp3) is 0.312. The van der Waals surface area contributed by atoms with Gasteiger partial charge in [-0.1, -0.05) is 32.0 Å². The van der Waals surface area contributed by atoms with E-state index in [-0.39, 0.29) is 23.9 Å². The predicted molar refractivity (Wildman–Crippen MR) is 84.2 cm³/mol. The first-order valence-electron chi connectivity index (χ1n) is 6.81. The third kappa shape index (κ3) is 2.93. The highest BCUT2D eigenvalue weighted by molar-refractivity contribution is 7.17. The summed E-state index contributed by atoms with van der Waals surface area (Å²) in [6, 6.07) is 6.40. The van der Waals surface area contributed by atoms with Crippen molar-refractivity contribution in [3.63, 3.8) is 0 Å². The summed E-state index contributed by atoms with van der Waals surface area (Å²) in [5.41, 5.74) is 7.21. The van der Waals surface area contributed by atoms with Crippen molar-refractivity contribution >= 4 is 22.3 Å². The number of carbonyl (C=O) groups excluding carboxylic acids is 1. The molecule has 2 rings (SSSR count). The molecular weight excluding hydrogens is 289 g/mol. The fourth-order valence-electron chi connectivity index (χ4n) is 2.21. The Kier molecular flexibility index (Phi) is 4.63. The maximum absolute atomic E-state index is 14.2. The van der Waals surface area contributed by atoms with Crippen LogP contribution in [0.3, 0.4) is 0 Å². The van der Waals surface area contributed by atoms with Crippen molar-refractivity contribution in [3.8, 4) is 11.1 Å². The van der Waals surface area contributed by atoms with Crippen LogP contribution in [-0.4, -0.2) is 12.6 Å². The first-order chi connectivity index (χ1) is 9.97. The molecule has 1 aromatic heterocycles. The first-order valence-corrected chi connectivity index (χ1v) is 7.63. The number of thiophene rings is 1. The van der Waals surface area contributed by atoms with E-state index in [0.717, 1.165) is 4.88 Å². The minimum Gasteiger partial charge on any atom is -0.462 e. The Morgan fingerprint density at radius 2 is 2.05 bits per heavy atom. The molecule has 1 heterocycles. The summed E-state index contributed by atoms with van der Waals surface area (Å²) in [5.74, 6) is -0.741. The largest absolute Gasteiger partial charge is 0.462 e. The lowest BCUT2D eigenvalue weighted by atomic mass is 9.96. The molecule has 5 heteroatoms. The van der Waals surface area contributed by atoms with Gasteiger partial charge in [-0.3, -0.25) is 0 Å². The van der Waals surface area contributed by atoms with E-state index in [9.17, 15) is 9.18 Å².